The number of hydrogen-bond donors (Lipinski definition) is 1. The van der Waals surface area contributed by atoms with Crippen LogP contribution in [0.1, 0.15) is 54.8 Å². The maximum Gasteiger partial charge on any atom is 0.320 e. The van der Waals surface area contributed by atoms with Crippen LogP contribution in [0.15, 0.2) is 61.1 Å². The normalized spacial score (nSPS) is 21.3. The summed E-state index contributed by atoms with van der Waals surface area (Å²) in [6, 6.07) is 15.4. The Morgan fingerprint density at radius 3 is 2.46 bits per heavy atom. The third-order valence-corrected chi connectivity index (χ3v) is 7.47. The number of aromatic nitrogens is 2. The van der Waals surface area contributed by atoms with Gasteiger partial charge in [0.25, 0.3) is 0 Å². The minimum Gasteiger partial charge on any atom is -0.393 e. The van der Waals surface area contributed by atoms with E-state index in [1.54, 1.807) is 23.0 Å². The molecule has 1 aromatic heterocycles. The lowest BCUT2D eigenvalue weighted by Gasteiger charge is -2.41. The van der Waals surface area contributed by atoms with Crippen LogP contribution >= 0.6 is 0 Å². The van der Waals surface area contributed by atoms with Crippen molar-refractivity contribution in [2.75, 3.05) is 26.2 Å². The number of aliphatic hydroxyl groups excluding tert-OH is 1. The van der Waals surface area contributed by atoms with Crippen molar-refractivity contribution in [2.45, 2.75) is 50.5 Å². The van der Waals surface area contributed by atoms with E-state index in [2.05, 4.69) is 36.2 Å². The van der Waals surface area contributed by atoms with Crippen molar-refractivity contribution < 1.29 is 14.3 Å². The molecule has 2 amide bonds. The number of amides is 2. The highest BCUT2D eigenvalue weighted by Crippen LogP contribution is 2.36. The molecule has 5 rings (SSSR count). The summed E-state index contributed by atoms with van der Waals surface area (Å²) in [5.74, 6) is -0.0531. The Kier molecular flexibility index (Phi) is 6.86. The first-order chi connectivity index (χ1) is 17.0. The van der Waals surface area contributed by atoms with Gasteiger partial charge in [-0.15, -0.1) is 0 Å². The number of urea groups is 1. The lowest BCUT2D eigenvalue weighted by atomic mass is 9.83. The minimum atomic E-state index is -0.319. The van der Waals surface area contributed by atoms with Crippen LogP contribution in [-0.2, 0) is 6.42 Å². The molecule has 2 aromatic carbocycles. The fraction of sp³-hybridized carbons (Fsp3) is 0.429. The standard InChI is InChI=1S/C28H33FN4O2/c1-2-20-7-9-21(10-8-20)22-15-23(17-32(16-22)28(35)31-13-11-24(34)12-14-31)26-18-33(19-30-26)27-6-4-3-5-25(27)29/h3-10,18-19,22-24,34H,2,11-17H2,1H3. The Morgan fingerprint density at radius 1 is 1.03 bits per heavy atom. The van der Waals surface area contributed by atoms with Gasteiger partial charge in [0.05, 0.1) is 23.8 Å². The number of benzene rings is 2. The van der Waals surface area contributed by atoms with Gasteiger partial charge < -0.3 is 19.5 Å². The Hall–Kier alpha value is -3.19. The molecule has 0 aliphatic carbocycles. The van der Waals surface area contributed by atoms with Gasteiger partial charge >= 0.3 is 6.03 Å². The lowest BCUT2D eigenvalue weighted by molar-refractivity contribution is 0.0755. The summed E-state index contributed by atoms with van der Waals surface area (Å²) in [6.07, 6.45) is 6.35. The van der Waals surface area contributed by atoms with Gasteiger partial charge in [0.2, 0.25) is 0 Å². The number of imidazole rings is 1. The fourth-order valence-electron chi connectivity index (χ4n) is 5.34. The molecule has 0 spiro atoms. The molecule has 2 unspecified atom stereocenters. The number of hydrogen-bond acceptors (Lipinski definition) is 3. The van der Waals surface area contributed by atoms with Crippen LogP contribution in [0.2, 0.25) is 0 Å². The molecule has 2 saturated heterocycles. The van der Waals surface area contributed by atoms with Crippen molar-refractivity contribution in [3.8, 4) is 5.69 Å². The van der Waals surface area contributed by atoms with E-state index in [0.29, 0.717) is 44.7 Å². The van der Waals surface area contributed by atoms with E-state index in [9.17, 15) is 14.3 Å². The predicted molar refractivity (Wildman–Crippen MR) is 133 cm³/mol. The highest BCUT2D eigenvalue weighted by molar-refractivity contribution is 5.75. The Morgan fingerprint density at radius 2 is 1.74 bits per heavy atom. The highest BCUT2D eigenvalue weighted by atomic mass is 19.1. The van der Waals surface area contributed by atoms with Crippen LogP contribution in [-0.4, -0.2) is 62.8 Å². The SMILES string of the molecule is CCc1ccc(C2CC(c3cn(-c4ccccc4F)cn3)CN(C(=O)N3CCC(O)CC3)C2)cc1. The number of carbonyl (C=O) groups excluding carboxylic acids is 1. The van der Waals surface area contributed by atoms with Gasteiger partial charge in [-0.05, 0) is 48.9 Å². The topological polar surface area (TPSA) is 61.6 Å². The lowest BCUT2D eigenvalue weighted by Crippen LogP contribution is -2.51. The van der Waals surface area contributed by atoms with Crippen molar-refractivity contribution in [2.24, 2.45) is 0 Å². The molecule has 3 aromatic rings. The fourth-order valence-corrected chi connectivity index (χ4v) is 5.34. The number of likely N-dealkylation sites (tertiary alicyclic amines) is 2. The van der Waals surface area contributed by atoms with E-state index >= 15 is 0 Å². The number of piperidine rings is 2. The van der Waals surface area contributed by atoms with Crippen LogP contribution in [0.3, 0.4) is 0 Å². The Bertz CT molecular complexity index is 1150. The summed E-state index contributed by atoms with van der Waals surface area (Å²) >= 11 is 0. The number of para-hydroxylation sites is 1. The molecule has 2 aliphatic heterocycles. The summed E-state index contributed by atoms with van der Waals surface area (Å²) in [5, 5.41) is 9.87. The summed E-state index contributed by atoms with van der Waals surface area (Å²) in [5.41, 5.74) is 3.86. The Balaban J connectivity index is 1.41. The zero-order valence-electron chi connectivity index (χ0n) is 20.2. The van der Waals surface area contributed by atoms with Crippen molar-refractivity contribution in [3.05, 3.63) is 83.7 Å². The second-order valence-electron chi connectivity index (χ2n) is 9.79. The van der Waals surface area contributed by atoms with Gasteiger partial charge in [0.1, 0.15) is 5.82 Å². The molecular weight excluding hydrogens is 443 g/mol. The number of aliphatic hydroxyl groups is 1. The van der Waals surface area contributed by atoms with Crippen molar-refractivity contribution in [1.29, 1.82) is 0 Å². The first kappa shape index (κ1) is 23.5. The number of halogens is 1. The van der Waals surface area contributed by atoms with E-state index < -0.39 is 0 Å². The molecule has 2 fully saturated rings. The van der Waals surface area contributed by atoms with Crippen LogP contribution in [0.4, 0.5) is 9.18 Å². The maximum atomic E-state index is 14.3. The molecule has 0 saturated carbocycles. The zero-order valence-corrected chi connectivity index (χ0v) is 20.2. The van der Waals surface area contributed by atoms with Gasteiger partial charge in [-0.25, -0.2) is 14.2 Å². The molecule has 35 heavy (non-hydrogen) atoms. The number of nitrogens with zero attached hydrogens (tertiary/aromatic N) is 4. The highest BCUT2D eigenvalue weighted by Gasteiger charge is 2.35. The largest absolute Gasteiger partial charge is 0.393 e. The zero-order chi connectivity index (χ0) is 24.4. The summed E-state index contributed by atoms with van der Waals surface area (Å²) < 4.78 is 16.1. The van der Waals surface area contributed by atoms with Gasteiger partial charge in [-0.2, -0.15) is 0 Å². The molecule has 7 heteroatoms. The minimum absolute atomic E-state index is 0.0327. The van der Waals surface area contributed by atoms with Crippen molar-refractivity contribution >= 4 is 6.03 Å². The second-order valence-corrected chi connectivity index (χ2v) is 9.79. The third kappa shape index (κ3) is 5.10. The van der Waals surface area contributed by atoms with E-state index in [4.69, 9.17) is 0 Å². The van der Waals surface area contributed by atoms with E-state index in [1.807, 2.05) is 22.1 Å². The molecule has 0 bridgehead atoms. The number of rotatable bonds is 4. The van der Waals surface area contributed by atoms with Crippen molar-refractivity contribution in [1.82, 2.24) is 19.4 Å². The summed E-state index contributed by atoms with van der Waals surface area (Å²) in [7, 11) is 0. The molecule has 2 aliphatic rings. The van der Waals surface area contributed by atoms with Gasteiger partial charge in [0.15, 0.2) is 0 Å². The quantitative estimate of drug-likeness (QED) is 0.593. The van der Waals surface area contributed by atoms with Crippen LogP contribution < -0.4 is 0 Å². The molecule has 3 heterocycles. The average Bonchev–Trinajstić information content (AvgIpc) is 3.39. The van der Waals surface area contributed by atoms with E-state index in [0.717, 1.165) is 18.5 Å². The molecular formula is C28H33FN4O2. The van der Waals surface area contributed by atoms with Crippen LogP contribution in [0.5, 0.6) is 0 Å². The van der Waals surface area contributed by atoms with Crippen molar-refractivity contribution in [3.63, 3.8) is 0 Å². The monoisotopic (exact) mass is 476 g/mol. The number of carbonyl (C=O) groups is 1. The average molecular weight is 477 g/mol. The number of aryl methyl sites for hydroxylation is 1. The predicted octanol–water partition coefficient (Wildman–Crippen LogP) is 4.72. The second kappa shape index (κ2) is 10.2. The maximum absolute atomic E-state index is 14.3. The van der Waals surface area contributed by atoms with E-state index in [-0.39, 0.29) is 29.8 Å². The van der Waals surface area contributed by atoms with E-state index in [1.165, 1.54) is 17.2 Å². The molecule has 2 atom stereocenters. The van der Waals surface area contributed by atoms with Crippen LogP contribution in [0, 0.1) is 5.82 Å². The first-order valence-electron chi connectivity index (χ1n) is 12.6. The third-order valence-electron chi connectivity index (χ3n) is 7.47. The smallest absolute Gasteiger partial charge is 0.320 e. The summed E-state index contributed by atoms with van der Waals surface area (Å²) in [6.45, 7) is 4.55. The molecule has 184 valence electrons. The molecule has 6 nitrogen and oxygen atoms in total. The molecule has 1 N–H and O–H groups in total. The molecule has 0 radical (unpaired) electrons. The van der Waals surface area contributed by atoms with Gasteiger partial charge in [-0.1, -0.05) is 43.3 Å². The van der Waals surface area contributed by atoms with Gasteiger partial charge in [-0.3, -0.25) is 0 Å². The first-order valence-corrected chi connectivity index (χ1v) is 12.6. The summed E-state index contributed by atoms with van der Waals surface area (Å²) in [4.78, 5) is 21.9. The van der Waals surface area contributed by atoms with Gasteiger partial charge in [0, 0.05) is 44.2 Å². The van der Waals surface area contributed by atoms with Crippen LogP contribution in [0.25, 0.3) is 5.69 Å². The Labute approximate surface area is 206 Å².